The number of carbonyl (C=O) groups is 2. The number of nitrogens with zero attached hydrogens (tertiary/aromatic N) is 2. The van der Waals surface area contributed by atoms with Crippen molar-refractivity contribution in [3.8, 4) is 0 Å². The van der Waals surface area contributed by atoms with E-state index in [1.807, 2.05) is 0 Å². The van der Waals surface area contributed by atoms with E-state index in [2.05, 4.69) is 20.8 Å². The van der Waals surface area contributed by atoms with Crippen LogP contribution >= 0.6 is 11.8 Å². The van der Waals surface area contributed by atoms with Gasteiger partial charge in [0.1, 0.15) is 10.8 Å². The molecular weight excluding hydrogens is 371 g/mol. The summed E-state index contributed by atoms with van der Waals surface area (Å²) in [6.07, 6.45) is 2.12. The van der Waals surface area contributed by atoms with Gasteiger partial charge in [0.05, 0.1) is 11.9 Å². The van der Waals surface area contributed by atoms with Crippen LogP contribution in [-0.2, 0) is 9.53 Å². The van der Waals surface area contributed by atoms with E-state index in [-0.39, 0.29) is 29.1 Å². The Hall–Kier alpha value is -2.52. The van der Waals surface area contributed by atoms with E-state index in [1.54, 1.807) is 12.1 Å². The molecule has 0 saturated carbocycles. The Kier molecular flexibility index (Phi) is 6.72. The maximum Gasteiger partial charge on any atom is 0.256 e. The van der Waals surface area contributed by atoms with E-state index >= 15 is 0 Å². The van der Waals surface area contributed by atoms with Crippen molar-refractivity contribution in [3.63, 3.8) is 0 Å². The molecule has 3 rings (SSSR count). The zero-order valence-electron chi connectivity index (χ0n) is 14.5. The quantitative estimate of drug-likeness (QED) is 0.705. The second-order valence-corrected chi connectivity index (χ2v) is 6.94. The van der Waals surface area contributed by atoms with Gasteiger partial charge in [-0.2, -0.15) is 0 Å². The van der Waals surface area contributed by atoms with Crippen LogP contribution in [0.2, 0.25) is 0 Å². The number of carbonyl (C=O) groups excluding carboxylic acids is 2. The number of hydrogen-bond acceptors (Lipinski definition) is 6. The fourth-order valence-corrected chi connectivity index (χ4v) is 3.15. The van der Waals surface area contributed by atoms with E-state index in [9.17, 15) is 14.0 Å². The normalized spacial score (nSPS) is 16.1. The van der Waals surface area contributed by atoms with Gasteiger partial charge >= 0.3 is 0 Å². The van der Waals surface area contributed by atoms with Gasteiger partial charge in [-0.15, -0.1) is 10.2 Å². The molecule has 0 spiro atoms. The summed E-state index contributed by atoms with van der Waals surface area (Å²) in [4.78, 5) is 23.9. The molecule has 142 valence electrons. The Morgan fingerprint density at radius 2 is 2.15 bits per heavy atom. The lowest BCUT2D eigenvalue weighted by molar-refractivity contribution is -0.119. The van der Waals surface area contributed by atoms with Crippen molar-refractivity contribution in [2.24, 2.45) is 0 Å². The molecule has 27 heavy (non-hydrogen) atoms. The largest absolute Gasteiger partial charge is 0.376 e. The summed E-state index contributed by atoms with van der Waals surface area (Å²) in [7, 11) is 0. The van der Waals surface area contributed by atoms with Gasteiger partial charge in [-0.25, -0.2) is 4.39 Å². The van der Waals surface area contributed by atoms with Crippen molar-refractivity contribution >= 4 is 29.4 Å². The number of hydrogen-bond donors (Lipinski definition) is 2. The first kappa shape index (κ1) is 19.2. The monoisotopic (exact) mass is 390 g/mol. The smallest absolute Gasteiger partial charge is 0.256 e. The second-order valence-electron chi connectivity index (χ2n) is 5.95. The standard InChI is InChI=1S/C18H19FN4O3S/c19-13-4-1-3-12(9-13)18(25)21-15-6-7-17(23-22-15)27-11-16(24)20-10-14-5-2-8-26-14/h1,3-4,6-7,9,14H,2,5,8,10-11H2,(H,20,24)(H,21,22,25). The van der Waals surface area contributed by atoms with Crippen molar-refractivity contribution < 1.29 is 18.7 Å². The van der Waals surface area contributed by atoms with E-state index in [0.717, 1.165) is 25.5 Å². The summed E-state index contributed by atoms with van der Waals surface area (Å²) in [6.45, 7) is 1.28. The molecule has 1 aromatic heterocycles. The summed E-state index contributed by atoms with van der Waals surface area (Å²) in [6, 6.07) is 8.61. The lowest BCUT2D eigenvalue weighted by atomic mass is 10.2. The highest BCUT2D eigenvalue weighted by Crippen LogP contribution is 2.16. The molecule has 1 unspecified atom stereocenters. The predicted molar refractivity (Wildman–Crippen MR) is 99.1 cm³/mol. The highest BCUT2D eigenvalue weighted by molar-refractivity contribution is 7.99. The zero-order valence-corrected chi connectivity index (χ0v) is 15.3. The van der Waals surface area contributed by atoms with Crippen molar-refractivity contribution in [1.82, 2.24) is 15.5 Å². The SMILES string of the molecule is O=C(CSc1ccc(NC(=O)c2cccc(F)c2)nn1)NCC1CCCO1. The third-order valence-corrected chi connectivity index (χ3v) is 4.79. The molecular formula is C18H19FN4O3S. The van der Waals surface area contributed by atoms with E-state index in [0.29, 0.717) is 11.6 Å². The third-order valence-electron chi connectivity index (χ3n) is 3.87. The number of ether oxygens (including phenoxy) is 1. The summed E-state index contributed by atoms with van der Waals surface area (Å²) in [5, 5.41) is 13.8. The number of halogens is 1. The molecule has 2 aromatic rings. The molecule has 1 saturated heterocycles. The first-order chi connectivity index (χ1) is 13.1. The molecule has 0 aliphatic carbocycles. The Bertz CT molecular complexity index is 797. The highest BCUT2D eigenvalue weighted by Gasteiger charge is 2.16. The van der Waals surface area contributed by atoms with Gasteiger partial charge in [-0.1, -0.05) is 17.8 Å². The number of rotatable bonds is 7. The average Bonchev–Trinajstić information content (AvgIpc) is 3.19. The zero-order chi connectivity index (χ0) is 19.1. The molecule has 1 aliphatic heterocycles. The minimum atomic E-state index is -0.488. The van der Waals surface area contributed by atoms with Crippen LogP contribution in [0.15, 0.2) is 41.4 Å². The highest BCUT2D eigenvalue weighted by atomic mass is 32.2. The van der Waals surface area contributed by atoms with E-state index in [1.165, 1.54) is 30.0 Å². The summed E-state index contributed by atoms with van der Waals surface area (Å²) in [5.74, 6) is -0.593. The van der Waals surface area contributed by atoms with Crippen LogP contribution in [0.5, 0.6) is 0 Å². The molecule has 2 N–H and O–H groups in total. The first-order valence-corrected chi connectivity index (χ1v) is 9.50. The Morgan fingerprint density at radius 1 is 1.26 bits per heavy atom. The molecule has 1 aliphatic rings. The van der Waals surface area contributed by atoms with Gasteiger partial charge in [0.25, 0.3) is 5.91 Å². The maximum absolute atomic E-state index is 13.2. The minimum Gasteiger partial charge on any atom is -0.376 e. The molecule has 2 heterocycles. The number of thioether (sulfide) groups is 1. The van der Waals surface area contributed by atoms with Gasteiger partial charge in [0, 0.05) is 18.7 Å². The number of aromatic nitrogens is 2. The molecule has 0 bridgehead atoms. The van der Waals surface area contributed by atoms with Gasteiger partial charge in [-0.3, -0.25) is 9.59 Å². The fraction of sp³-hybridized carbons (Fsp3) is 0.333. The predicted octanol–water partition coefficient (Wildman–Crippen LogP) is 2.26. The van der Waals surface area contributed by atoms with Crippen LogP contribution in [0.25, 0.3) is 0 Å². The molecule has 1 aromatic carbocycles. The molecule has 1 atom stereocenters. The fourth-order valence-electron chi connectivity index (χ4n) is 2.51. The number of amides is 2. The minimum absolute atomic E-state index is 0.0965. The van der Waals surface area contributed by atoms with Crippen molar-refractivity contribution in [3.05, 3.63) is 47.8 Å². The van der Waals surface area contributed by atoms with Crippen LogP contribution in [0.1, 0.15) is 23.2 Å². The number of anilines is 1. The van der Waals surface area contributed by atoms with E-state index in [4.69, 9.17) is 4.74 Å². The molecule has 1 fully saturated rings. The van der Waals surface area contributed by atoms with Crippen LogP contribution in [0, 0.1) is 5.82 Å². The Morgan fingerprint density at radius 3 is 2.85 bits per heavy atom. The van der Waals surface area contributed by atoms with Crippen LogP contribution in [0.4, 0.5) is 10.2 Å². The van der Waals surface area contributed by atoms with Crippen LogP contribution < -0.4 is 10.6 Å². The molecule has 9 heteroatoms. The second kappa shape index (κ2) is 9.43. The van der Waals surface area contributed by atoms with Crippen molar-refractivity contribution in [2.75, 3.05) is 24.2 Å². The third kappa shape index (κ3) is 6.00. The topological polar surface area (TPSA) is 93.2 Å². The number of nitrogens with one attached hydrogen (secondary N) is 2. The van der Waals surface area contributed by atoms with Crippen LogP contribution in [0.3, 0.4) is 0 Å². The molecule has 2 amide bonds. The molecule has 0 radical (unpaired) electrons. The first-order valence-electron chi connectivity index (χ1n) is 8.52. The summed E-state index contributed by atoms with van der Waals surface area (Å²) < 4.78 is 18.6. The molecule has 7 nitrogen and oxygen atoms in total. The van der Waals surface area contributed by atoms with Crippen LogP contribution in [-0.4, -0.2) is 47.0 Å². The van der Waals surface area contributed by atoms with Gasteiger partial charge < -0.3 is 15.4 Å². The van der Waals surface area contributed by atoms with Crippen molar-refractivity contribution in [1.29, 1.82) is 0 Å². The van der Waals surface area contributed by atoms with Crippen molar-refractivity contribution in [2.45, 2.75) is 24.0 Å². The average molecular weight is 390 g/mol. The lowest BCUT2D eigenvalue weighted by Gasteiger charge is -2.10. The number of benzene rings is 1. The summed E-state index contributed by atoms with van der Waals surface area (Å²) in [5.41, 5.74) is 0.193. The van der Waals surface area contributed by atoms with Gasteiger partial charge in [0.15, 0.2) is 5.82 Å². The van der Waals surface area contributed by atoms with Gasteiger partial charge in [-0.05, 0) is 43.2 Å². The Labute approximate surface area is 160 Å². The lowest BCUT2D eigenvalue weighted by Crippen LogP contribution is -2.32. The maximum atomic E-state index is 13.2. The summed E-state index contributed by atoms with van der Waals surface area (Å²) >= 11 is 1.25. The Balaban J connectivity index is 1.44. The van der Waals surface area contributed by atoms with Gasteiger partial charge in [0.2, 0.25) is 5.91 Å². The van der Waals surface area contributed by atoms with E-state index < -0.39 is 11.7 Å².